The summed E-state index contributed by atoms with van der Waals surface area (Å²) in [4.78, 5) is 29.2. The molecule has 2 amide bonds. The monoisotopic (exact) mass is 459 g/mol. The third-order valence-electron chi connectivity index (χ3n) is 4.72. The molecule has 4 rings (SSSR count). The summed E-state index contributed by atoms with van der Waals surface area (Å²) in [6, 6.07) is 12.8. The number of benzene rings is 2. The van der Waals surface area contributed by atoms with E-state index < -0.39 is 18.6 Å². The number of nitrogens with one attached hydrogen (secondary N) is 2. The van der Waals surface area contributed by atoms with Crippen LogP contribution in [-0.4, -0.2) is 36.1 Å². The summed E-state index contributed by atoms with van der Waals surface area (Å²) in [5, 5.41) is 7.38. The van der Waals surface area contributed by atoms with Gasteiger partial charge >= 0.3 is 6.61 Å². The summed E-state index contributed by atoms with van der Waals surface area (Å²) < 4.78 is 35.2. The number of hydrogen-bond acceptors (Lipinski definition) is 6. The summed E-state index contributed by atoms with van der Waals surface area (Å²) in [6.07, 6.45) is 1.04. The first-order chi connectivity index (χ1) is 15.5. The Hall–Kier alpha value is -3.37. The summed E-state index contributed by atoms with van der Waals surface area (Å²) in [7, 11) is 0. The fourth-order valence-corrected chi connectivity index (χ4v) is 3.95. The van der Waals surface area contributed by atoms with E-state index in [0.29, 0.717) is 40.7 Å². The highest BCUT2D eigenvalue weighted by atomic mass is 32.1. The Kier molecular flexibility index (Phi) is 6.72. The van der Waals surface area contributed by atoms with Gasteiger partial charge in [0.25, 0.3) is 11.8 Å². The van der Waals surface area contributed by atoms with Crippen LogP contribution in [0.4, 0.5) is 19.6 Å². The molecule has 1 aliphatic heterocycles. The first-order valence-electron chi connectivity index (χ1n) is 9.83. The highest BCUT2D eigenvalue weighted by molar-refractivity contribution is 7.14. The average molecular weight is 459 g/mol. The number of halogens is 2. The van der Waals surface area contributed by atoms with Crippen molar-refractivity contribution in [2.75, 3.05) is 17.2 Å². The van der Waals surface area contributed by atoms with Gasteiger partial charge in [0.05, 0.1) is 5.69 Å². The zero-order valence-corrected chi connectivity index (χ0v) is 17.5. The van der Waals surface area contributed by atoms with Gasteiger partial charge in [-0.05, 0) is 43.2 Å². The van der Waals surface area contributed by atoms with Gasteiger partial charge in [0.1, 0.15) is 11.9 Å². The van der Waals surface area contributed by atoms with Crippen LogP contribution in [0.2, 0.25) is 0 Å². The molecule has 1 aromatic heterocycles. The Balaban J connectivity index is 1.44. The number of rotatable bonds is 7. The van der Waals surface area contributed by atoms with E-state index in [1.54, 1.807) is 47.8 Å². The van der Waals surface area contributed by atoms with Crippen LogP contribution in [0.3, 0.4) is 0 Å². The van der Waals surface area contributed by atoms with E-state index in [9.17, 15) is 18.4 Å². The molecule has 2 N–H and O–H groups in total. The Bertz CT molecular complexity index is 1120. The topological polar surface area (TPSA) is 89.5 Å². The van der Waals surface area contributed by atoms with Crippen LogP contribution in [0.25, 0.3) is 11.3 Å². The molecule has 0 aliphatic carbocycles. The number of alkyl halides is 2. The van der Waals surface area contributed by atoms with Crippen LogP contribution in [0.15, 0.2) is 53.9 Å². The van der Waals surface area contributed by atoms with Crippen molar-refractivity contribution in [1.82, 2.24) is 4.98 Å². The summed E-state index contributed by atoms with van der Waals surface area (Å²) >= 11 is 1.15. The number of carbonyl (C=O) groups excluding carboxylic acids is 2. The molecular formula is C22H19F2N3O4S. The van der Waals surface area contributed by atoms with Crippen LogP contribution in [-0.2, 0) is 9.53 Å². The number of ether oxygens (including phenoxy) is 2. The first kappa shape index (κ1) is 21.8. The van der Waals surface area contributed by atoms with Crippen LogP contribution >= 0.6 is 11.3 Å². The van der Waals surface area contributed by atoms with Gasteiger partial charge in [-0.2, -0.15) is 8.78 Å². The zero-order valence-electron chi connectivity index (χ0n) is 16.7. The second-order valence-corrected chi connectivity index (χ2v) is 7.80. The van der Waals surface area contributed by atoms with Gasteiger partial charge in [-0.1, -0.05) is 18.2 Å². The van der Waals surface area contributed by atoms with Crippen LogP contribution in [0.1, 0.15) is 23.2 Å². The van der Waals surface area contributed by atoms with Gasteiger partial charge in [-0.15, -0.1) is 11.3 Å². The number of nitrogens with zero attached hydrogens (tertiary/aromatic N) is 1. The molecule has 3 aromatic rings. The van der Waals surface area contributed by atoms with E-state index in [0.717, 1.165) is 17.8 Å². The van der Waals surface area contributed by atoms with E-state index in [1.807, 2.05) is 0 Å². The molecule has 1 aliphatic rings. The lowest BCUT2D eigenvalue weighted by molar-refractivity contribution is -0.124. The first-order valence-corrected chi connectivity index (χ1v) is 10.7. The van der Waals surface area contributed by atoms with E-state index in [1.165, 1.54) is 6.07 Å². The molecule has 32 heavy (non-hydrogen) atoms. The van der Waals surface area contributed by atoms with Gasteiger partial charge in [-0.3, -0.25) is 14.9 Å². The van der Waals surface area contributed by atoms with Crippen molar-refractivity contribution >= 4 is 34.0 Å². The number of anilines is 2. The molecule has 0 saturated carbocycles. The Labute approximate surface area is 186 Å². The molecule has 0 spiro atoms. The minimum absolute atomic E-state index is 0.000335. The molecule has 1 atom stereocenters. The van der Waals surface area contributed by atoms with Crippen molar-refractivity contribution < 1.29 is 27.8 Å². The summed E-state index contributed by atoms with van der Waals surface area (Å²) in [6.45, 7) is -2.39. The predicted molar refractivity (Wildman–Crippen MR) is 116 cm³/mol. The zero-order chi connectivity index (χ0) is 22.5. The predicted octanol–water partition coefficient (Wildman–Crippen LogP) is 4.78. The molecule has 2 aromatic carbocycles. The molecule has 1 fully saturated rings. The van der Waals surface area contributed by atoms with Crippen molar-refractivity contribution in [2.45, 2.75) is 25.6 Å². The Morgan fingerprint density at radius 1 is 1.16 bits per heavy atom. The van der Waals surface area contributed by atoms with Gasteiger partial charge in [0.2, 0.25) is 0 Å². The molecule has 1 saturated heterocycles. The smallest absolute Gasteiger partial charge is 0.387 e. The van der Waals surface area contributed by atoms with Crippen molar-refractivity contribution in [3.63, 3.8) is 0 Å². The van der Waals surface area contributed by atoms with Crippen LogP contribution < -0.4 is 15.4 Å². The standard InChI is InChI=1S/C22H19F2N3O4S/c23-21(24)31-17-8-2-1-7-15(17)16-12-32-22(26-16)27-19(28)13-5-3-6-14(11-13)25-20(29)18-9-4-10-30-18/h1-3,5-8,11-12,18,21H,4,9-10H2,(H,25,29)(H,26,27,28). The number of amides is 2. The van der Waals surface area contributed by atoms with Crippen LogP contribution in [0.5, 0.6) is 5.75 Å². The minimum Gasteiger partial charge on any atom is -0.434 e. The van der Waals surface area contributed by atoms with Crippen molar-refractivity contribution in [1.29, 1.82) is 0 Å². The van der Waals surface area contributed by atoms with Crippen LogP contribution in [0, 0.1) is 0 Å². The third-order valence-corrected chi connectivity index (χ3v) is 5.48. The van der Waals surface area contributed by atoms with E-state index in [4.69, 9.17) is 4.74 Å². The Morgan fingerprint density at radius 3 is 2.78 bits per heavy atom. The highest BCUT2D eigenvalue weighted by Crippen LogP contribution is 2.33. The van der Waals surface area contributed by atoms with Gasteiger partial charge in [-0.25, -0.2) is 4.98 Å². The van der Waals surface area contributed by atoms with Crippen molar-refractivity contribution in [3.05, 3.63) is 59.5 Å². The molecule has 0 radical (unpaired) electrons. The quantitative estimate of drug-likeness (QED) is 0.531. The maximum Gasteiger partial charge on any atom is 0.387 e. The molecule has 2 heterocycles. The number of para-hydroxylation sites is 1. The number of aromatic nitrogens is 1. The lowest BCUT2D eigenvalue weighted by atomic mass is 10.1. The molecule has 7 nitrogen and oxygen atoms in total. The molecule has 1 unspecified atom stereocenters. The number of thiazole rings is 1. The number of hydrogen-bond donors (Lipinski definition) is 2. The lowest BCUT2D eigenvalue weighted by Crippen LogP contribution is -2.27. The molecule has 166 valence electrons. The van der Waals surface area contributed by atoms with E-state index in [-0.39, 0.29) is 11.7 Å². The summed E-state index contributed by atoms with van der Waals surface area (Å²) in [5.74, 6) is -0.661. The molecule has 0 bridgehead atoms. The van der Waals surface area contributed by atoms with E-state index >= 15 is 0 Å². The normalized spacial score (nSPS) is 15.5. The Morgan fingerprint density at radius 2 is 2.00 bits per heavy atom. The molecular weight excluding hydrogens is 440 g/mol. The van der Waals surface area contributed by atoms with E-state index in [2.05, 4.69) is 20.4 Å². The highest BCUT2D eigenvalue weighted by Gasteiger charge is 2.23. The maximum absolute atomic E-state index is 12.7. The second-order valence-electron chi connectivity index (χ2n) is 6.94. The maximum atomic E-state index is 12.7. The lowest BCUT2D eigenvalue weighted by Gasteiger charge is -2.11. The van der Waals surface area contributed by atoms with Gasteiger partial charge in [0.15, 0.2) is 5.13 Å². The molecule has 10 heteroatoms. The van der Waals surface area contributed by atoms with Gasteiger partial charge < -0.3 is 14.8 Å². The average Bonchev–Trinajstić information content (AvgIpc) is 3.46. The third kappa shape index (κ3) is 5.27. The fourth-order valence-electron chi connectivity index (χ4n) is 3.25. The van der Waals surface area contributed by atoms with Crippen molar-refractivity contribution in [2.24, 2.45) is 0 Å². The summed E-state index contributed by atoms with van der Waals surface area (Å²) in [5.41, 5.74) is 1.60. The minimum atomic E-state index is -2.96. The van der Waals surface area contributed by atoms with Gasteiger partial charge in [0, 0.05) is 28.8 Å². The SMILES string of the molecule is O=C(Nc1nc(-c2ccccc2OC(F)F)cs1)c1cccc(NC(=O)C2CCCO2)c1. The fraction of sp³-hybridized carbons (Fsp3) is 0.227. The largest absolute Gasteiger partial charge is 0.434 e. The number of carbonyl (C=O) groups is 2. The second kappa shape index (κ2) is 9.84. The van der Waals surface area contributed by atoms with Crippen molar-refractivity contribution in [3.8, 4) is 17.0 Å².